The van der Waals surface area contributed by atoms with Gasteiger partial charge in [-0.3, -0.25) is 19.3 Å². The van der Waals surface area contributed by atoms with E-state index in [0.29, 0.717) is 22.3 Å². The zero-order valence-corrected chi connectivity index (χ0v) is 12.2. The van der Waals surface area contributed by atoms with Gasteiger partial charge in [-0.15, -0.1) is 0 Å². The van der Waals surface area contributed by atoms with Crippen molar-refractivity contribution in [2.75, 3.05) is 0 Å². The second-order valence-corrected chi connectivity index (χ2v) is 5.25. The predicted octanol–water partition coefficient (Wildman–Crippen LogP) is 2.64. The summed E-state index contributed by atoms with van der Waals surface area (Å²) in [4.78, 5) is 25.2. The number of benzene rings is 1. The summed E-state index contributed by atoms with van der Waals surface area (Å²) in [7, 11) is 0. The van der Waals surface area contributed by atoms with Crippen molar-refractivity contribution in [3.63, 3.8) is 0 Å². The maximum absolute atomic E-state index is 12.6. The molecule has 106 valence electrons. The molecule has 3 aromatic rings. The standard InChI is InChI=1S/C15H13ClN4O/c1-10(7-11-8-17-5-6-18-11)20-9-19-13-4-2-3-12(16)14(13)15(20)21/h2-6,8-10H,7H2,1H3/t10-/m0/s1. The first-order valence-electron chi connectivity index (χ1n) is 6.57. The molecule has 1 aromatic carbocycles. The van der Waals surface area contributed by atoms with Crippen LogP contribution >= 0.6 is 11.6 Å². The molecule has 0 saturated carbocycles. The second-order valence-electron chi connectivity index (χ2n) is 4.84. The molecule has 3 rings (SSSR count). The van der Waals surface area contributed by atoms with Crippen LogP contribution in [0, 0.1) is 0 Å². The third-order valence-electron chi connectivity index (χ3n) is 3.36. The van der Waals surface area contributed by atoms with Gasteiger partial charge in [-0.1, -0.05) is 17.7 Å². The quantitative estimate of drug-likeness (QED) is 0.746. The minimum atomic E-state index is -0.137. The fraction of sp³-hybridized carbons (Fsp3) is 0.200. The Morgan fingerprint density at radius 1 is 1.29 bits per heavy atom. The number of aromatic nitrogens is 4. The smallest absolute Gasteiger partial charge is 0.262 e. The van der Waals surface area contributed by atoms with Gasteiger partial charge in [0.1, 0.15) is 0 Å². The lowest BCUT2D eigenvalue weighted by atomic mass is 10.1. The van der Waals surface area contributed by atoms with Crippen LogP contribution in [-0.4, -0.2) is 19.5 Å². The van der Waals surface area contributed by atoms with E-state index < -0.39 is 0 Å². The van der Waals surface area contributed by atoms with Gasteiger partial charge in [0.25, 0.3) is 5.56 Å². The van der Waals surface area contributed by atoms with Crippen molar-refractivity contribution in [1.82, 2.24) is 19.5 Å². The molecule has 21 heavy (non-hydrogen) atoms. The van der Waals surface area contributed by atoms with E-state index in [1.165, 1.54) is 0 Å². The molecule has 0 radical (unpaired) electrons. The Morgan fingerprint density at radius 2 is 2.14 bits per heavy atom. The van der Waals surface area contributed by atoms with Gasteiger partial charge in [0.15, 0.2) is 0 Å². The van der Waals surface area contributed by atoms with Crippen LogP contribution in [0.15, 0.2) is 47.9 Å². The molecule has 1 atom stereocenters. The average Bonchev–Trinajstić information content (AvgIpc) is 2.48. The molecule has 0 aliphatic carbocycles. The minimum Gasteiger partial charge on any atom is -0.295 e. The van der Waals surface area contributed by atoms with E-state index in [0.717, 1.165) is 5.69 Å². The molecular formula is C15H13ClN4O. The molecule has 0 aliphatic heterocycles. The fourth-order valence-corrected chi connectivity index (χ4v) is 2.54. The van der Waals surface area contributed by atoms with Gasteiger partial charge in [-0.2, -0.15) is 0 Å². The summed E-state index contributed by atoms with van der Waals surface area (Å²) in [5, 5.41) is 0.874. The van der Waals surface area contributed by atoms with Crippen molar-refractivity contribution in [2.24, 2.45) is 0 Å². The molecule has 0 saturated heterocycles. The summed E-state index contributed by atoms with van der Waals surface area (Å²) in [6.45, 7) is 1.94. The summed E-state index contributed by atoms with van der Waals surface area (Å²) >= 11 is 6.12. The Bertz CT molecular complexity index is 832. The highest BCUT2D eigenvalue weighted by molar-refractivity contribution is 6.35. The van der Waals surface area contributed by atoms with Crippen LogP contribution in [-0.2, 0) is 6.42 Å². The van der Waals surface area contributed by atoms with E-state index in [1.807, 2.05) is 6.92 Å². The van der Waals surface area contributed by atoms with Crippen molar-refractivity contribution in [1.29, 1.82) is 0 Å². The lowest BCUT2D eigenvalue weighted by Gasteiger charge is -2.14. The van der Waals surface area contributed by atoms with Crippen LogP contribution in [0.5, 0.6) is 0 Å². The Morgan fingerprint density at radius 3 is 2.90 bits per heavy atom. The van der Waals surface area contributed by atoms with Crippen LogP contribution in [0.25, 0.3) is 10.9 Å². The number of hydrogen-bond donors (Lipinski definition) is 0. The van der Waals surface area contributed by atoms with Gasteiger partial charge in [-0.05, 0) is 19.1 Å². The number of rotatable bonds is 3. The normalized spacial score (nSPS) is 12.5. The molecule has 0 bridgehead atoms. The Balaban J connectivity index is 2.03. The van der Waals surface area contributed by atoms with Crippen LogP contribution in [0.2, 0.25) is 5.02 Å². The lowest BCUT2D eigenvalue weighted by molar-refractivity contribution is 0.517. The molecule has 0 fully saturated rings. The van der Waals surface area contributed by atoms with Gasteiger partial charge in [-0.25, -0.2) is 4.98 Å². The summed E-state index contributed by atoms with van der Waals surface area (Å²) in [5.41, 5.74) is 1.30. The zero-order chi connectivity index (χ0) is 14.8. The van der Waals surface area contributed by atoms with Crippen molar-refractivity contribution >= 4 is 22.5 Å². The fourth-order valence-electron chi connectivity index (χ4n) is 2.29. The number of nitrogens with zero attached hydrogens (tertiary/aromatic N) is 4. The first kappa shape index (κ1) is 13.7. The SMILES string of the molecule is C[C@@H](Cc1cnccn1)n1cnc2cccc(Cl)c2c1=O. The molecule has 0 spiro atoms. The molecule has 0 amide bonds. The topological polar surface area (TPSA) is 60.7 Å². The highest BCUT2D eigenvalue weighted by atomic mass is 35.5. The first-order chi connectivity index (χ1) is 10.2. The maximum Gasteiger partial charge on any atom is 0.262 e. The van der Waals surface area contributed by atoms with Crippen molar-refractivity contribution in [3.05, 3.63) is 64.2 Å². The Kier molecular flexibility index (Phi) is 3.66. The van der Waals surface area contributed by atoms with Crippen molar-refractivity contribution < 1.29 is 0 Å². The monoisotopic (exact) mass is 300 g/mol. The summed E-state index contributed by atoms with van der Waals surface area (Å²) in [5.74, 6) is 0. The first-order valence-corrected chi connectivity index (χ1v) is 6.95. The maximum atomic E-state index is 12.6. The molecule has 6 heteroatoms. The van der Waals surface area contributed by atoms with E-state index in [1.54, 1.807) is 47.7 Å². The van der Waals surface area contributed by atoms with Crippen LogP contribution in [0.1, 0.15) is 18.7 Å². The third-order valence-corrected chi connectivity index (χ3v) is 3.67. The summed E-state index contributed by atoms with van der Waals surface area (Å²) in [6, 6.07) is 5.18. The van der Waals surface area contributed by atoms with Gasteiger partial charge >= 0.3 is 0 Å². The summed E-state index contributed by atoms with van der Waals surface area (Å²) in [6.07, 6.45) is 7.12. The molecule has 2 heterocycles. The lowest BCUT2D eigenvalue weighted by Crippen LogP contribution is -2.25. The molecule has 0 aliphatic rings. The largest absolute Gasteiger partial charge is 0.295 e. The van der Waals surface area contributed by atoms with E-state index in [4.69, 9.17) is 11.6 Å². The van der Waals surface area contributed by atoms with E-state index in [-0.39, 0.29) is 11.6 Å². The predicted molar refractivity (Wildman–Crippen MR) is 81.5 cm³/mol. The van der Waals surface area contributed by atoms with Crippen molar-refractivity contribution in [3.8, 4) is 0 Å². The Labute approximate surface area is 126 Å². The molecular weight excluding hydrogens is 288 g/mol. The highest BCUT2D eigenvalue weighted by Gasteiger charge is 2.13. The van der Waals surface area contributed by atoms with Crippen LogP contribution < -0.4 is 5.56 Å². The zero-order valence-electron chi connectivity index (χ0n) is 11.4. The number of hydrogen-bond acceptors (Lipinski definition) is 4. The third kappa shape index (κ3) is 2.64. The molecule has 5 nitrogen and oxygen atoms in total. The Hall–Kier alpha value is -2.27. The molecule has 2 aromatic heterocycles. The van der Waals surface area contributed by atoms with E-state index in [9.17, 15) is 4.79 Å². The van der Waals surface area contributed by atoms with Gasteiger partial charge in [0.05, 0.1) is 27.9 Å². The van der Waals surface area contributed by atoms with Gasteiger partial charge in [0, 0.05) is 31.1 Å². The number of halogens is 1. The second kappa shape index (κ2) is 5.61. The highest BCUT2D eigenvalue weighted by Crippen LogP contribution is 2.19. The van der Waals surface area contributed by atoms with E-state index in [2.05, 4.69) is 15.0 Å². The molecule has 0 unspecified atom stereocenters. The van der Waals surface area contributed by atoms with Gasteiger partial charge in [0.2, 0.25) is 0 Å². The van der Waals surface area contributed by atoms with E-state index >= 15 is 0 Å². The minimum absolute atomic E-state index is 0.0811. The summed E-state index contributed by atoms with van der Waals surface area (Å²) < 4.78 is 1.59. The van der Waals surface area contributed by atoms with Crippen LogP contribution in [0.3, 0.4) is 0 Å². The van der Waals surface area contributed by atoms with Crippen LogP contribution in [0.4, 0.5) is 0 Å². The molecule has 0 N–H and O–H groups in total. The van der Waals surface area contributed by atoms with Gasteiger partial charge < -0.3 is 0 Å². The number of fused-ring (bicyclic) bond motifs is 1. The van der Waals surface area contributed by atoms with Crippen molar-refractivity contribution in [2.45, 2.75) is 19.4 Å². The average molecular weight is 301 g/mol.